The van der Waals surface area contributed by atoms with E-state index in [1.54, 1.807) is 6.92 Å². The number of aromatic nitrogens is 2. The molecule has 6 nitrogen and oxygen atoms in total. The molecule has 0 unspecified atom stereocenters. The molecule has 1 aromatic carbocycles. The SMILES string of the molecule is CC(=O)c1ccc(N2CCN([C@H](C)c3nc(C4CC4)no3)CC2)cc1. The third kappa shape index (κ3) is 3.44. The maximum absolute atomic E-state index is 11.4. The Labute approximate surface area is 147 Å². The summed E-state index contributed by atoms with van der Waals surface area (Å²) in [7, 11) is 0. The summed E-state index contributed by atoms with van der Waals surface area (Å²) in [6.45, 7) is 7.55. The first kappa shape index (κ1) is 16.3. The van der Waals surface area contributed by atoms with Gasteiger partial charge in [-0.15, -0.1) is 0 Å². The standard InChI is InChI=1S/C19H24N4O2/c1-13(19-20-18(21-25-19)16-3-4-16)22-9-11-23(12-10-22)17-7-5-15(6-8-17)14(2)24/h5-8,13,16H,3-4,9-12H2,1-2H3/t13-/m1/s1. The summed E-state index contributed by atoms with van der Waals surface area (Å²) in [6, 6.07) is 8.04. The summed E-state index contributed by atoms with van der Waals surface area (Å²) in [4.78, 5) is 20.7. The Morgan fingerprint density at radius 1 is 1.16 bits per heavy atom. The molecule has 0 bridgehead atoms. The topological polar surface area (TPSA) is 62.5 Å². The van der Waals surface area contributed by atoms with Gasteiger partial charge in [0.15, 0.2) is 11.6 Å². The van der Waals surface area contributed by atoms with Crippen molar-refractivity contribution in [1.82, 2.24) is 15.0 Å². The molecule has 1 saturated heterocycles. The molecular weight excluding hydrogens is 316 g/mol. The molecule has 1 saturated carbocycles. The van der Waals surface area contributed by atoms with E-state index in [1.165, 1.54) is 18.5 Å². The van der Waals surface area contributed by atoms with Crippen LogP contribution in [0.1, 0.15) is 60.7 Å². The van der Waals surface area contributed by atoms with Gasteiger partial charge in [0.2, 0.25) is 5.89 Å². The van der Waals surface area contributed by atoms with E-state index in [0.717, 1.165) is 43.5 Å². The molecule has 4 rings (SSSR count). The van der Waals surface area contributed by atoms with Crippen molar-refractivity contribution in [3.05, 3.63) is 41.5 Å². The number of carbonyl (C=O) groups excluding carboxylic acids is 1. The highest BCUT2D eigenvalue weighted by atomic mass is 16.5. The van der Waals surface area contributed by atoms with Gasteiger partial charge in [-0.25, -0.2) is 0 Å². The van der Waals surface area contributed by atoms with Crippen molar-refractivity contribution in [1.29, 1.82) is 0 Å². The van der Waals surface area contributed by atoms with Crippen molar-refractivity contribution < 1.29 is 9.32 Å². The molecule has 2 fully saturated rings. The monoisotopic (exact) mass is 340 g/mol. The molecule has 1 atom stereocenters. The quantitative estimate of drug-likeness (QED) is 0.780. The molecule has 2 heterocycles. The lowest BCUT2D eigenvalue weighted by molar-refractivity contribution is 0.101. The lowest BCUT2D eigenvalue weighted by Crippen LogP contribution is -2.47. The highest BCUT2D eigenvalue weighted by molar-refractivity contribution is 5.94. The second-order valence-electron chi connectivity index (χ2n) is 7.07. The molecule has 132 valence electrons. The van der Waals surface area contributed by atoms with E-state index in [9.17, 15) is 4.79 Å². The van der Waals surface area contributed by atoms with Crippen LogP contribution in [0.25, 0.3) is 0 Å². The van der Waals surface area contributed by atoms with Gasteiger partial charge in [-0.1, -0.05) is 5.16 Å². The van der Waals surface area contributed by atoms with Crippen LogP contribution < -0.4 is 4.90 Å². The minimum atomic E-state index is 0.107. The average Bonchev–Trinajstić information content (AvgIpc) is 3.38. The average molecular weight is 340 g/mol. The van der Waals surface area contributed by atoms with Crippen molar-refractivity contribution in [2.75, 3.05) is 31.1 Å². The fourth-order valence-electron chi connectivity index (χ4n) is 3.35. The molecule has 0 radical (unpaired) electrons. The molecule has 6 heteroatoms. The summed E-state index contributed by atoms with van der Waals surface area (Å²) >= 11 is 0. The molecule has 1 aromatic heterocycles. The number of hydrogen-bond donors (Lipinski definition) is 0. The van der Waals surface area contributed by atoms with Gasteiger partial charge in [0.1, 0.15) is 0 Å². The molecule has 25 heavy (non-hydrogen) atoms. The normalized spacial score (nSPS) is 19.8. The van der Waals surface area contributed by atoms with Crippen LogP contribution in [0.5, 0.6) is 0 Å². The molecule has 0 amide bonds. The first-order chi connectivity index (χ1) is 12.1. The highest BCUT2D eigenvalue weighted by Crippen LogP contribution is 2.38. The smallest absolute Gasteiger partial charge is 0.243 e. The number of carbonyl (C=O) groups is 1. The second-order valence-corrected chi connectivity index (χ2v) is 7.07. The number of rotatable bonds is 5. The number of ketones is 1. The zero-order chi connectivity index (χ0) is 17.4. The zero-order valence-corrected chi connectivity index (χ0v) is 14.8. The summed E-state index contributed by atoms with van der Waals surface area (Å²) < 4.78 is 5.48. The Balaban J connectivity index is 1.36. The van der Waals surface area contributed by atoms with E-state index in [2.05, 4.69) is 26.9 Å². The van der Waals surface area contributed by atoms with Crippen LogP contribution in [0.3, 0.4) is 0 Å². The van der Waals surface area contributed by atoms with Gasteiger partial charge in [-0.05, 0) is 51.0 Å². The highest BCUT2D eigenvalue weighted by Gasteiger charge is 2.31. The first-order valence-corrected chi connectivity index (χ1v) is 9.05. The third-order valence-corrected chi connectivity index (χ3v) is 5.26. The Bertz CT molecular complexity index is 743. The maximum Gasteiger partial charge on any atom is 0.243 e. The Morgan fingerprint density at radius 3 is 2.44 bits per heavy atom. The fourth-order valence-corrected chi connectivity index (χ4v) is 3.35. The van der Waals surface area contributed by atoms with E-state index >= 15 is 0 Å². The third-order valence-electron chi connectivity index (χ3n) is 5.26. The number of benzene rings is 1. The van der Waals surface area contributed by atoms with Gasteiger partial charge >= 0.3 is 0 Å². The van der Waals surface area contributed by atoms with Crippen LogP contribution in [0.2, 0.25) is 0 Å². The fraction of sp³-hybridized carbons (Fsp3) is 0.526. The number of Topliss-reactive ketones (excluding diaryl/α,β-unsaturated/α-hetero) is 1. The van der Waals surface area contributed by atoms with Crippen molar-refractivity contribution in [2.45, 2.75) is 38.6 Å². The van der Waals surface area contributed by atoms with Crippen LogP contribution in [0.4, 0.5) is 5.69 Å². The van der Waals surface area contributed by atoms with Crippen molar-refractivity contribution in [2.24, 2.45) is 0 Å². The number of anilines is 1. The predicted molar refractivity (Wildman–Crippen MR) is 94.9 cm³/mol. The van der Waals surface area contributed by atoms with Gasteiger partial charge in [-0.2, -0.15) is 4.98 Å². The molecular formula is C19H24N4O2. The van der Waals surface area contributed by atoms with E-state index in [0.29, 0.717) is 5.92 Å². The van der Waals surface area contributed by atoms with Gasteiger partial charge < -0.3 is 9.42 Å². The van der Waals surface area contributed by atoms with E-state index < -0.39 is 0 Å². The van der Waals surface area contributed by atoms with E-state index in [-0.39, 0.29) is 11.8 Å². The Hall–Kier alpha value is -2.21. The van der Waals surface area contributed by atoms with Gasteiger partial charge in [-0.3, -0.25) is 9.69 Å². The molecule has 2 aromatic rings. The summed E-state index contributed by atoms with van der Waals surface area (Å²) in [6.07, 6.45) is 2.38. The van der Waals surface area contributed by atoms with Gasteiger partial charge in [0.05, 0.1) is 6.04 Å². The molecule has 2 aliphatic rings. The van der Waals surface area contributed by atoms with Crippen LogP contribution >= 0.6 is 0 Å². The Morgan fingerprint density at radius 2 is 1.84 bits per heavy atom. The molecule has 0 spiro atoms. The lowest BCUT2D eigenvalue weighted by Gasteiger charge is -2.38. The number of piperazine rings is 1. The number of nitrogens with zero attached hydrogens (tertiary/aromatic N) is 4. The minimum Gasteiger partial charge on any atom is -0.369 e. The van der Waals surface area contributed by atoms with Crippen molar-refractivity contribution in [3.63, 3.8) is 0 Å². The van der Waals surface area contributed by atoms with E-state index in [1.807, 2.05) is 24.3 Å². The van der Waals surface area contributed by atoms with E-state index in [4.69, 9.17) is 4.52 Å². The molecule has 1 aliphatic heterocycles. The molecule has 0 N–H and O–H groups in total. The largest absolute Gasteiger partial charge is 0.369 e. The second kappa shape index (κ2) is 6.59. The van der Waals surface area contributed by atoms with Crippen LogP contribution in [0.15, 0.2) is 28.8 Å². The predicted octanol–water partition coefficient (Wildman–Crippen LogP) is 3.03. The van der Waals surface area contributed by atoms with Gasteiger partial charge in [0, 0.05) is 43.3 Å². The van der Waals surface area contributed by atoms with Crippen LogP contribution in [-0.2, 0) is 0 Å². The number of hydrogen-bond acceptors (Lipinski definition) is 6. The van der Waals surface area contributed by atoms with Crippen molar-refractivity contribution >= 4 is 11.5 Å². The summed E-state index contributed by atoms with van der Waals surface area (Å²) in [5.41, 5.74) is 1.94. The van der Waals surface area contributed by atoms with Crippen LogP contribution in [0, 0.1) is 0 Å². The zero-order valence-electron chi connectivity index (χ0n) is 14.8. The molecule has 1 aliphatic carbocycles. The first-order valence-electron chi connectivity index (χ1n) is 9.05. The lowest BCUT2D eigenvalue weighted by atomic mass is 10.1. The Kier molecular flexibility index (Phi) is 4.29. The summed E-state index contributed by atoms with van der Waals surface area (Å²) in [5, 5.41) is 4.13. The van der Waals surface area contributed by atoms with Crippen molar-refractivity contribution in [3.8, 4) is 0 Å². The maximum atomic E-state index is 11.4. The minimum absolute atomic E-state index is 0.107. The van der Waals surface area contributed by atoms with Gasteiger partial charge in [0.25, 0.3) is 0 Å². The summed E-state index contributed by atoms with van der Waals surface area (Å²) in [5.74, 6) is 2.25. The van der Waals surface area contributed by atoms with Crippen LogP contribution in [-0.4, -0.2) is 47.0 Å².